The normalized spacial score (nSPS) is 12.6. The third-order valence-electron chi connectivity index (χ3n) is 2.32. The summed E-state index contributed by atoms with van der Waals surface area (Å²) in [7, 11) is 1.70. The van der Waals surface area contributed by atoms with Crippen LogP contribution in [0.1, 0.15) is 24.8 Å². The number of nitrogens with two attached hydrogens (primary N) is 1. The molecule has 0 aliphatic rings. The predicted molar refractivity (Wildman–Crippen MR) is 62.8 cm³/mol. The van der Waals surface area contributed by atoms with E-state index in [-0.39, 0.29) is 0 Å². The van der Waals surface area contributed by atoms with Crippen molar-refractivity contribution in [1.82, 2.24) is 0 Å². The monoisotopic (exact) mass is 257 g/mol. The van der Waals surface area contributed by atoms with Crippen molar-refractivity contribution in [2.45, 2.75) is 19.3 Å². The molecule has 0 saturated carbocycles. The number of halogens is 1. The van der Waals surface area contributed by atoms with Gasteiger partial charge in [-0.1, -0.05) is 22.9 Å². The zero-order valence-electron chi connectivity index (χ0n) is 8.59. The summed E-state index contributed by atoms with van der Waals surface area (Å²) in [5, 5.41) is 0. The Labute approximate surface area is 93.6 Å². The highest BCUT2D eigenvalue weighted by molar-refractivity contribution is 9.10. The SMILES string of the molecule is COc1ccc(Br)cc1C(C)CCN. The van der Waals surface area contributed by atoms with Crippen LogP contribution in [-0.2, 0) is 0 Å². The first-order valence-electron chi connectivity index (χ1n) is 4.72. The number of hydrogen-bond acceptors (Lipinski definition) is 2. The summed E-state index contributed by atoms with van der Waals surface area (Å²) in [5.41, 5.74) is 6.76. The van der Waals surface area contributed by atoms with Crippen molar-refractivity contribution >= 4 is 15.9 Å². The van der Waals surface area contributed by atoms with Crippen LogP contribution in [0.15, 0.2) is 22.7 Å². The molecule has 0 radical (unpaired) electrons. The van der Waals surface area contributed by atoms with Gasteiger partial charge < -0.3 is 10.5 Å². The minimum Gasteiger partial charge on any atom is -0.496 e. The number of benzene rings is 1. The molecule has 0 fully saturated rings. The molecule has 3 heteroatoms. The standard InChI is InChI=1S/C11H16BrNO/c1-8(5-6-13)10-7-9(12)3-4-11(10)14-2/h3-4,7-8H,5-6,13H2,1-2H3. The van der Waals surface area contributed by atoms with Gasteiger partial charge in [0.05, 0.1) is 7.11 Å². The molecule has 1 aromatic carbocycles. The molecular weight excluding hydrogens is 242 g/mol. The van der Waals surface area contributed by atoms with Crippen LogP contribution in [0, 0.1) is 0 Å². The molecule has 0 aliphatic carbocycles. The highest BCUT2D eigenvalue weighted by atomic mass is 79.9. The van der Waals surface area contributed by atoms with Gasteiger partial charge in [0.15, 0.2) is 0 Å². The molecule has 1 atom stereocenters. The lowest BCUT2D eigenvalue weighted by molar-refractivity contribution is 0.405. The summed E-state index contributed by atoms with van der Waals surface area (Å²) in [6.07, 6.45) is 0.979. The van der Waals surface area contributed by atoms with E-state index in [1.54, 1.807) is 7.11 Å². The first-order valence-corrected chi connectivity index (χ1v) is 5.51. The van der Waals surface area contributed by atoms with E-state index in [1.165, 1.54) is 5.56 Å². The van der Waals surface area contributed by atoms with Crippen molar-refractivity contribution in [3.63, 3.8) is 0 Å². The van der Waals surface area contributed by atoms with E-state index in [4.69, 9.17) is 10.5 Å². The van der Waals surface area contributed by atoms with Crippen LogP contribution in [-0.4, -0.2) is 13.7 Å². The molecule has 0 aliphatic heterocycles. The van der Waals surface area contributed by atoms with Gasteiger partial charge in [-0.05, 0) is 42.6 Å². The van der Waals surface area contributed by atoms with Gasteiger partial charge in [-0.25, -0.2) is 0 Å². The molecule has 0 saturated heterocycles. The topological polar surface area (TPSA) is 35.2 Å². The summed E-state index contributed by atoms with van der Waals surface area (Å²) < 4.78 is 6.39. The summed E-state index contributed by atoms with van der Waals surface area (Å²) >= 11 is 3.46. The van der Waals surface area contributed by atoms with Gasteiger partial charge in [0.25, 0.3) is 0 Å². The highest BCUT2D eigenvalue weighted by Crippen LogP contribution is 2.30. The third kappa shape index (κ3) is 2.72. The Bertz CT molecular complexity index is 301. The van der Waals surface area contributed by atoms with Crippen LogP contribution in [0.2, 0.25) is 0 Å². The number of ether oxygens (including phenoxy) is 1. The van der Waals surface area contributed by atoms with Crippen LogP contribution in [0.3, 0.4) is 0 Å². The average molecular weight is 258 g/mol. The maximum atomic E-state index is 5.54. The molecule has 1 rings (SSSR count). The lowest BCUT2D eigenvalue weighted by Crippen LogP contribution is -2.05. The minimum atomic E-state index is 0.437. The fraction of sp³-hybridized carbons (Fsp3) is 0.455. The molecule has 0 spiro atoms. The highest BCUT2D eigenvalue weighted by Gasteiger charge is 2.10. The van der Waals surface area contributed by atoms with E-state index in [0.717, 1.165) is 16.6 Å². The molecule has 2 N–H and O–H groups in total. The fourth-order valence-electron chi connectivity index (χ4n) is 1.50. The molecule has 0 heterocycles. The van der Waals surface area contributed by atoms with Crippen LogP contribution < -0.4 is 10.5 Å². The van der Waals surface area contributed by atoms with Gasteiger partial charge in [0.2, 0.25) is 0 Å². The summed E-state index contributed by atoms with van der Waals surface area (Å²) in [5.74, 6) is 1.38. The van der Waals surface area contributed by atoms with Crippen LogP contribution in [0.25, 0.3) is 0 Å². The Hall–Kier alpha value is -0.540. The number of hydrogen-bond donors (Lipinski definition) is 1. The van der Waals surface area contributed by atoms with Gasteiger partial charge in [0.1, 0.15) is 5.75 Å². The molecule has 1 unspecified atom stereocenters. The van der Waals surface area contributed by atoms with E-state index in [9.17, 15) is 0 Å². The fourth-order valence-corrected chi connectivity index (χ4v) is 1.87. The summed E-state index contributed by atoms with van der Waals surface area (Å²) in [6.45, 7) is 2.87. The van der Waals surface area contributed by atoms with Gasteiger partial charge in [-0.3, -0.25) is 0 Å². The van der Waals surface area contributed by atoms with E-state index in [1.807, 2.05) is 12.1 Å². The van der Waals surface area contributed by atoms with Crippen molar-refractivity contribution < 1.29 is 4.74 Å². The smallest absolute Gasteiger partial charge is 0.122 e. The third-order valence-corrected chi connectivity index (χ3v) is 2.82. The Morgan fingerprint density at radius 2 is 2.21 bits per heavy atom. The second kappa shape index (κ2) is 5.37. The number of rotatable bonds is 4. The Kier molecular flexibility index (Phi) is 4.42. The molecule has 0 bridgehead atoms. The Morgan fingerprint density at radius 3 is 2.79 bits per heavy atom. The predicted octanol–water partition coefficient (Wildman–Crippen LogP) is 2.91. The van der Waals surface area contributed by atoms with Crippen molar-refractivity contribution in [3.05, 3.63) is 28.2 Å². The quantitative estimate of drug-likeness (QED) is 0.901. The van der Waals surface area contributed by atoms with E-state index in [2.05, 4.69) is 28.9 Å². The maximum Gasteiger partial charge on any atom is 0.122 e. The van der Waals surface area contributed by atoms with E-state index < -0.39 is 0 Å². The van der Waals surface area contributed by atoms with Crippen molar-refractivity contribution in [1.29, 1.82) is 0 Å². The first kappa shape index (κ1) is 11.5. The summed E-state index contributed by atoms with van der Waals surface area (Å²) in [6, 6.07) is 6.06. The molecule has 78 valence electrons. The van der Waals surface area contributed by atoms with Gasteiger partial charge in [0, 0.05) is 4.47 Å². The van der Waals surface area contributed by atoms with Gasteiger partial charge in [-0.2, -0.15) is 0 Å². The zero-order chi connectivity index (χ0) is 10.6. The molecule has 0 amide bonds. The molecule has 1 aromatic rings. The average Bonchev–Trinajstić information content (AvgIpc) is 2.18. The van der Waals surface area contributed by atoms with Crippen molar-refractivity contribution in [2.75, 3.05) is 13.7 Å². The number of methoxy groups -OCH3 is 1. The minimum absolute atomic E-state index is 0.437. The second-order valence-corrected chi connectivity index (χ2v) is 4.28. The van der Waals surface area contributed by atoms with Gasteiger partial charge in [-0.15, -0.1) is 0 Å². The molecule has 14 heavy (non-hydrogen) atoms. The van der Waals surface area contributed by atoms with E-state index >= 15 is 0 Å². The maximum absolute atomic E-state index is 5.54. The van der Waals surface area contributed by atoms with Gasteiger partial charge >= 0.3 is 0 Å². The Balaban J connectivity index is 2.97. The van der Waals surface area contributed by atoms with Crippen LogP contribution >= 0.6 is 15.9 Å². The van der Waals surface area contributed by atoms with Crippen LogP contribution in [0.4, 0.5) is 0 Å². The van der Waals surface area contributed by atoms with E-state index in [0.29, 0.717) is 12.5 Å². The van der Waals surface area contributed by atoms with Crippen LogP contribution in [0.5, 0.6) is 5.75 Å². The molecule has 0 aromatic heterocycles. The largest absolute Gasteiger partial charge is 0.496 e. The lowest BCUT2D eigenvalue weighted by atomic mass is 9.97. The zero-order valence-corrected chi connectivity index (χ0v) is 10.2. The van der Waals surface area contributed by atoms with Crippen molar-refractivity contribution in [2.24, 2.45) is 5.73 Å². The molecular formula is C11H16BrNO. The Morgan fingerprint density at radius 1 is 1.50 bits per heavy atom. The molecule has 2 nitrogen and oxygen atoms in total. The summed E-state index contributed by atoms with van der Waals surface area (Å²) in [4.78, 5) is 0. The lowest BCUT2D eigenvalue weighted by Gasteiger charge is -2.15. The first-order chi connectivity index (χ1) is 6.69. The van der Waals surface area contributed by atoms with Crippen molar-refractivity contribution in [3.8, 4) is 5.75 Å². The second-order valence-electron chi connectivity index (χ2n) is 3.36.